The third-order valence-electron chi connectivity index (χ3n) is 6.74. The second-order valence-corrected chi connectivity index (χ2v) is 9.95. The van der Waals surface area contributed by atoms with Gasteiger partial charge in [0.15, 0.2) is 5.82 Å². The number of nitrogens with zero attached hydrogens (tertiary/aromatic N) is 5. The van der Waals surface area contributed by atoms with Gasteiger partial charge in [-0.1, -0.05) is 6.07 Å². The Morgan fingerprint density at radius 3 is 2.45 bits per heavy atom. The number of aryl methyl sites for hydroxylation is 2. The first-order chi connectivity index (χ1) is 18.8. The predicted octanol–water partition coefficient (Wildman–Crippen LogP) is 4.27. The summed E-state index contributed by atoms with van der Waals surface area (Å²) >= 11 is 0. The van der Waals surface area contributed by atoms with Gasteiger partial charge in [0.25, 0.3) is 5.91 Å². The Balaban J connectivity index is 1.61. The van der Waals surface area contributed by atoms with Crippen LogP contribution in [-0.2, 0) is 13.2 Å². The molecule has 1 aromatic heterocycles. The van der Waals surface area contributed by atoms with Gasteiger partial charge in [-0.05, 0) is 57.8 Å². The Morgan fingerprint density at radius 1 is 1.10 bits per heavy atom. The molecule has 2 heterocycles. The summed E-state index contributed by atoms with van der Waals surface area (Å²) in [6.45, 7) is 4.58. The topological polar surface area (TPSA) is 80.7 Å². The highest BCUT2D eigenvalue weighted by Gasteiger charge is 2.36. The summed E-state index contributed by atoms with van der Waals surface area (Å²) in [4.78, 5) is 16.4. The van der Waals surface area contributed by atoms with Gasteiger partial charge >= 0.3 is 6.18 Å². The van der Waals surface area contributed by atoms with Crippen LogP contribution in [0.15, 0.2) is 42.7 Å². The normalized spacial score (nSPS) is 13.5. The van der Waals surface area contributed by atoms with Crippen LogP contribution in [0.3, 0.4) is 0 Å². The molecule has 0 aliphatic carbocycles. The summed E-state index contributed by atoms with van der Waals surface area (Å²) in [5.74, 6) is -2.02. The molecule has 0 saturated carbocycles. The lowest BCUT2D eigenvalue weighted by molar-refractivity contribution is -0.139. The summed E-state index contributed by atoms with van der Waals surface area (Å²) in [6, 6.07) is 6.76. The van der Waals surface area contributed by atoms with Crippen LogP contribution in [0, 0.1) is 19.7 Å². The number of hydrogen-bond acceptors (Lipinski definition) is 7. The molecule has 4 rings (SSSR count). The van der Waals surface area contributed by atoms with Crippen LogP contribution < -0.4 is 26.2 Å². The lowest BCUT2D eigenvalue weighted by Crippen LogP contribution is -2.36. The van der Waals surface area contributed by atoms with E-state index in [1.54, 1.807) is 34.1 Å². The van der Waals surface area contributed by atoms with E-state index in [4.69, 9.17) is 0 Å². The number of carbonyl (C=O) groups is 1. The highest BCUT2D eigenvalue weighted by Crippen LogP contribution is 2.38. The molecule has 40 heavy (non-hydrogen) atoms. The zero-order valence-electron chi connectivity index (χ0n) is 23.1. The maximum Gasteiger partial charge on any atom is 0.419 e. The molecule has 0 atom stereocenters. The fraction of sp³-hybridized carbons (Fsp3) is 0.333. The van der Waals surface area contributed by atoms with Crippen molar-refractivity contribution in [3.8, 4) is 0 Å². The zero-order chi connectivity index (χ0) is 29.4. The molecule has 0 radical (unpaired) electrons. The van der Waals surface area contributed by atoms with E-state index >= 15 is 0 Å². The van der Waals surface area contributed by atoms with Gasteiger partial charge in [0.2, 0.25) is 0 Å². The second-order valence-electron chi connectivity index (χ2n) is 9.95. The first kappa shape index (κ1) is 28.9. The number of likely N-dealkylation sites (N-methyl/N-ethyl adjacent to an activating group) is 2. The van der Waals surface area contributed by atoms with E-state index in [9.17, 15) is 22.4 Å². The van der Waals surface area contributed by atoms with Crippen LogP contribution in [0.1, 0.15) is 32.7 Å². The molecule has 1 aliphatic rings. The lowest BCUT2D eigenvalue weighted by atomic mass is 10.1. The van der Waals surface area contributed by atoms with Gasteiger partial charge < -0.3 is 20.5 Å². The number of hydrogen-bond donors (Lipinski definition) is 3. The quantitative estimate of drug-likeness (QED) is 0.355. The highest BCUT2D eigenvalue weighted by molar-refractivity contribution is 6.05. The van der Waals surface area contributed by atoms with Gasteiger partial charge in [-0.2, -0.15) is 18.3 Å². The monoisotopic (exact) mass is 560 g/mol. The van der Waals surface area contributed by atoms with Crippen LogP contribution in [-0.4, -0.2) is 54.8 Å². The molecule has 214 valence electrons. The van der Waals surface area contributed by atoms with Gasteiger partial charge in [-0.25, -0.2) is 4.39 Å². The summed E-state index contributed by atoms with van der Waals surface area (Å²) in [5, 5.41) is 8.47. The van der Waals surface area contributed by atoms with E-state index < -0.39 is 23.5 Å². The summed E-state index contributed by atoms with van der Waals surface area (Å²) in [7, 11) is 6.96. The molecule has 0 fully saturated rings. The van der Waals surface area contributed by atoms with Crippen LogP contribution in [0.4, 0.5) is 34.6 Å². The Morgan fingerprint density at radius 2 is 1.82 bits per heavy atom. The lowest BCUT2D eigenvalue weighted by Gasteiger charge is -2.24. The fourth-order valence-electron chi connectivity index (χ4n) is 4.19. The molecule has 0 bridgehead atoms. The third kappa shape index (κ3) is 6.05. The molecule has 9 nitrogen and oxygen atoms in total. The van der Waals surface area contributed by atoms with E-state index in [1.165, 1.54) is 18.0 Å². The number of hydrazine groups is 2. The van der Waals surface area contributed by atoms with Crippen molar-refractivity contribution in [3.63, 3.8) is 0 Å². The number of halogens is 4. The Labute approximate surface area is 230 Å². The molecule has 0 saturated heterocycles. The van der Waals surface area contributed by atoms with E-state index in [0.717, 1.165) is 22.5 Å². The number of amides is 1. The second kappa shape index (κ2) is 11.2. The van der Waals surface area contributed by atoms with Crippen molar-refractivity contribution >= 4 is 28.7 Å². The number of alkyl halides is 3. The van der Waals surface area contributed by atoms with Crippen LogP contribution in [0.5, 0.6) is 0 Å². The molecule has 2 aromatic carbocycles. The zero-order valence-corrected chi connectivity index (χ0v) is 23.1. The molecule has 1 aliphatic heterocycles. The Kier molecular flexibility index (Phi) is 8.08. The molecule has 13 heteroatoms. The molecule has 3 N–H and O–H groups in total. The van der Waals surface area contributed by atoms with Crippen molar-refractivity contribution in [2.45, 2.75) is 20.0 Å². The first-order valence-corrected chi connectivity index (χ1v) is 12.5. The summed E-state index contributed by atoms with van der Waals surface area (Å²) in [6.07, 6.45) is -1.39. The molecule has 1 amide bonds. The van der Waals surface area contributed by atoms with Gasteiger partial charge in [0.1, 0.15) is 0 Å². The third-order valence-corrected chi connectivity index (χ3v) is 6.74. The molecular weight excluding hydrogens is 528 g/mol. The maximum atomic E-state index is 14.9. The van der Waals surface area contributed by atoms with Gasteiger partial charge in [0.05, 0.1) is 28.8 Å². The van der Waals surface area contributed by atoms with E-state index in [0.29, 0.717) is 18.3 Å². The van der Waals surface area contributed by atoms with Crippen LogP contribution in [0.2, 0.25) is 0 Å². The number of carbonyl (C=O) groups excluding carboxylic acids is 1. The highest BCUT2D eigenvalue weighted by atomic mass is 19.4. The Bertz CT molecular complexity index is 1450. The van der Waals surface area contributed by atoms with Gasteiger partial charge in [-0.15, -0.1) is 5.53 Å². The minimum Gasteiger partial charge on any atom is -0.371 e. The number of aromatic nitrogens is 2. The van der Waals surface area contributed by atoms with Crippen molar-refractivity contribution < 1.29 is 22.4 Å². The molecule has 0 spiro atoms. The van der Waals surface area contributed by atoms with Crippen molar-refractivity contribution in [2.24, 2.45) is 7.05 Å². The van der Waals surface area contributed by atoms with Crippen molar-refractivity contribution in [3.05, 3.63) is 76.5 Å². The summed E-state index contributed by atoms with van der Waals surface area (Å²) in [5.41, 5.74) is 8.58. The smallest absolute Gasteiger partial charge is 0.371 e. The molecule has 0 unspecified atom stereocenters. The van der Waals surface area contributed by atoms with Gasteiger partial charge in [0, 0.05) is 55.9 Å². The van der Waals surface area contributed by atoms with E-state index in [2.05, 4.69) is 21.4 Å². The minimum atomic E-state index is -4.94. The largest absolute Gasteiger partial charge is 0.419 e. The number of benzene rings is 2. The molecule has 3 aromatic rings. The van der Waals surface area contributed by atoms with Crippen LogP contribution >= 0.6 is 0 Å². The van der Waals surface area contributed by atoms with Gasteiger partial charge in [-0.3, -0.25) is 14.5 Å². The van der Waals surface area contributed by atoms with Crippen molar-refractivity contribution in [1.29, 1.82) is 0 Å². The SMILES string of the molecule is Cc1ccc(C(=O)Nc2cc(N(C)CCN(C)C)c(F)c(C(F)(F)F)c2)cc1N1C=C(c2cnn(C)c2C)NN1. The van der Waals surface area contributed by atoms with Crippen molar-refractivity contribution in [1.82, 2.24) is 25.6 Å². The maximum absolute atomic E-state index is 14.9. The Hall–Kier alpha value is -4.10. The molecular formula is C27H32F4N8O. The number of nitrogens with one attached hydrogen (secondary N) is 3. The van der Waals surface area contributed by atoms with E-state index in [-0.39, 0.29) is 23.5 Å². The number of rotatable bonds is 8. The first-order valence-electron chi connectivity index (χ1n) is 12.5. The van der Waals surface area contributed by atoms with Crippen molar-refractivity contribution in [2.75, 3.05) is 49.5 Å². The van der Waals surface area contributed by atoms with Crippen LogP contribution in [0.25, 0.3) is 5.70 Å². The predicted molar refractivity (Wildman–Crippen MR) is 147 cm³/mol. The average molecular weight is 561 g/mol. The minimum absolute atomic E-state index is 0.164. The summed E-state index contributed by atoms with van der Waals surface area (Å²) < 4.78 is 57.7. The van der Waals surface area contributed by atoms with E-state index in [1.807, 2.05) is 46.1 Å². The average Bonchev–Trinajstić information content (AvgIpc) is 3.49. The number of anilines is 3. The fourth-order valence-corrected chi connectivity index (χ4v) is 4.19. The standard InChI is InChI=1S/C27H32F4N8O/c1-16-7-8-18(11-23(16)39-15-22(34-35-39)20-14-32-38(6)17(20)2)26(40)33-19-12-21(27(29,30)31)25(28)24(13-19)37(5)10-9-36(3)4/h7-8,11-15,34-35H,9-10H2,1-6H3,(H,33,40).